The van der Waals surface area contributed by atoms with Gasteiger partial charge in [0.05, 0.1) is 24.3 Å². The second-order valence-electron chi connectivity index (χ2n) is 9.79. The summed E-state index contributed by atoms with van der Waals surface area (Å²) < 4.78 is 7.60. The number of benzene rings is 1. The molecule has 2 aromatic heterocycles. The number of rotatable bonds is 9. The predicted molar refractivity (Wildman–Crippen MR) is 158 cm³/mol. The summed E-state index contributed by atoms with van der Waals surface area (Å²) >= 11 is 13.7. The SMILES string of the molecule is COc1nc(C2(NC(=O)c3cn(C)c(=O)n(C)c3=O)C=CC=C(c3ccccc3Cl)[C@@H]2Cl)ccc1CNCC(C)O. The Morgan fingerprint density at radius 2 is 1.95 bits per heavy atom. The van der Waals surface area contributed by atoms with Crippen molar-refractivity contribution in [2.45, 2.75) is 30.5 Å². The number of pyridine rings is 1. The van der Waals surface area contributed by atoms with Gasteiger partial charge < -0.3 is 25.0 Å². The lowest BCUT2D eigenvalue weighted by Crippen LogP contribution is -2.54. The number of methoxy groups -OCH3 is 1. The van der Waals surface area contributed by atoms with E-state index in [2.05, 4.69) is 10.6 Å². The zero-order valence-electron chi connectivity index (χ0n) is 23.0. The number of halogens is 2. The van der Waals surface area contributed by atoms with Crippen LogP contribution >= 0.6 is 23.2 Å². The number of aromatic nitrogens is 3. The molecule has 0 spiro atoms. The molecule has 0 aliphatic heterocycles. The summed E-state index contributed by atoms with van der Waals surface area (Å²) in [5.41, 5.74) is -0.664. The fourth-order valence-corrected chi connectivity index (χ4v) is 5.34. The van der Waals surface area contributed by atoms with Gasteiger partial charge in [-0.2, -0.15) is 0 Å². The molecule has 1 aliphatic carbocycles. The van der Waals surface area contributed by atoms with E-state index in [1.54, 1.807) is 49.4 Å². The van der Waals surface area contributed by atoms with Crippen molar-refractivity contribution in [3.05, 3.63) is 109 Å². The van der Waals surface area contributed by atoms with Crippen LogP contribution in [0.25, 0.3) is 5.57 Å². The van der Waals surface area contributed by atoms with E-state index in [4.69, 9.17) is 32.9 Å². The van der Waals surface area contributed by atoms with Gasteiger partial charge in [-0.05, 0) is 30.2 Å². The van der Waals surface area contributed by atoms with Crippen molar-refractivity contribution in [2.24, 2.45) is 14.1 Å². The quantitative estimate of drug-likeness (QED) is 0.322. The van der Waals surface area contributed by atoms with Crippen molar-refractivity contribution in [1.82, 2.24) is 24.8 Å². The van der Waals surface area contributed by atoms with Gasteiger partial charge in [-0.15, -0.1) is 11.6 Å². The number of carbonyl (C=O) groups excluding carboxylic acids is 1. The number of amides is 1. The summed E-state index contributed by atoms with van der Waals surface area (Å²) in [5, 5.41) is 15.2. The number of alkyl halides is 1. The maximum absolute atomic E-state index is 13.7. The zero-order chi connectivity index (χ0) is 29.9. The van der Waals surface area contributed by atoms with E-state index in [0.717, 1.165) is 14.7 Å². The number of allylic oxidation sites excluding steroid dienone is 2. The Hall–Kier alpha value is -3.70. The van der Waals surface area contributed by atoms with Crippen LogP contribution in [0.2, 0.25) is 5.02 Å². The Bertz CT molecular complexity index is 1650. The highest BCUT2D eigenvalue weighted by Crippen LogP contribution is 2.43. The molecule has 0 saturated carbocycles. The largest absolute Gasteiger partial charge is 0.481 e. The van der Waals surface area contributed by atoms with Gasteiger partial charge in [0.15, 0.2) is 0 Å². The van der Waals surface area contributed by atoms with Crippen LogP contribution in [0.5, 0.6) is 5.88 Å². The lowest BCUT2D eigenvalue weighted by Gasteiger charge is -2.39. The number of aryl methyl sites for hydroxylation is 1. The van der Waals surface area contributed by atoms with Crippen LogP contribution in [0.3, 0.4) is 0 Å². The smallest absolute Gasteiger partial charge is 0.330 e. The molecule has 0 fully saturated rings. The van der Waals surface area contributed by atoms with E-state index in [0.29, 0.717) is 40.8 Å². The Morgan fingerprint density at radius 3 is 2.63 bits per heavy atom. The highest BCUT2D eigenvalue weighted by Gasteiger charge is 2.45. The number of nitrogens with zero attached hydrogens (tertiary/aromatic N) is 3. The van der Waals surface area contributed by atoms with E-state index in [-0.39, 0.29) is 5.56 Å². The minimum Gasteiger partial charge on any atom is -0.481 e. The summed E-state index contributed by atoms with van der Waals surface area (Å²) in [6, 6.07) is 10.7. The van der Waals surface area contributed by atoms with E-state index in [1.165, 1.54) is 27.4 Å². The monoisotopic (exact) mass is 599 g/mol. The van der Waals surface area contributed by atoms with E-state index in [9.17, 15) is 19.5 Å². The molecule has 10 nitrogen and oxygen atoms in total. The fourth-order valence-electron chi connectivity index (χ4n) is 4.67. The molecule has 0 radical (unpaired) electrons. The molecule has 2 unspecified atom stereocenters. The first-order valence-electron chi connectivity index (χ1n) is 12.8. The molecular formula is C29H31Cl2N5O5. The van der Waals surface area contributed by atoms with Crippen molar-refractivity contribution in [3.8, 4) is 5.88 Å². The molecule has 1 aromatic carbocycles. The van der Waals surface area contributed by atoms with Crippen LogP contribution in [0.1, 0.15) is 34.1 Å². The number of hydrogen-bond acceptors (Lipinski definition) is 7. The molecule has 1 amide bonds. The van der Waals surface area contributed by atoms with Gasteiger partial charge >= 0.3 is 5.69 Å². The standard InChI is InChI=1S/C29H31Cl2N5O5/c1-17(37)14-32-15-18-11-12-23(33-26(18)41-4)29(34-25(38)21-16-35(2)28(40)36(3)27(21)39)13-7-9-20(24(29)31)19-8-5-6-10-22(19)30/h5-13,16-17,24,32,37H,14-15H2,1-4H3,(H,34,38)/t17?,24-,29?/m0/s1. The van der Waals surface area contributed by atoms with Gasteiger partial charge in [-0.1, -0.05) is 54.1 Å². The second kappa shape index (κ2) is 12.4. The predicted octanol–water partition coefficient (Wildman–Crippen LogP) is 2.50. The first kappa shape index (κ1) is 30.3. The summed E-state index contributed by atoms with van der Waals surface area (Å²) in [7, 11) is 4.23. The molecule has 0 saturated heterocycles. The molecule has 4 rings (SSSR count). The van der Waals surface area contributed by atoms with Crippen LogP contribution in [-0.4, -0.2) is 50.3 Å². The van der Waals surface area contributed by atoms with Crippen molar-refractivity contribution >= 4 is 34.7 Å². The van der Waals surface area contributed by atoms with E-state index in [1.807, 2.05) is 12.1 Å². The molecule has 1 aliphatic rings. The molecule has 12 heteroatoms. The lowest BCUT2D eigenvalue weighted by atomic mass is 9.80. The van der Waals surface area contributed by atoms with Crippen molar-refractivity contribution in [3.63, 3.8) is 0 Å². The van der Waals surface area contributed by atoms with Crippen LogP contribution in [-0.2, 0) is 26.2 Å². The molecule has 0 bridgehead atoms. The minimum atomic E-state index is -1.46. The highest BCUT2D eigenvalue weighted by molar-refractivity contribution is 6.34. The fraction of sp³-hybridized carbons (Fsp3) is 0.310. The summed E-state index contributed by atoms with van der Waals surface area (Å²) in [4.78, 5) is 43.6. The number of ether oxygens (including phenoxy) is 1. The van der Waals surface area contributed by atoms with E-state index >= 15 is 0 Å². The van der Waals surface area contributed by atoms with Crippen molar-refractivity contribution < 1.29 is 14.6 Å². The van der Waals surface area contributed by atoms with E-state index < -0.39 is 34.2 Å². The Labute approximate surface area is 246 Å². The van der Waals surface area contributed by atoms with Gasteiger partial charge in [-0.25, -0.2) is 9.78 Å². The first-order valence-corrected chi connectivity index (χ1v) is 13.6. The molecule has 41 heavy (non-hydrogen) atoms. The Balaban J connectivity index is 1.84. The van der Waals surface area contributed by atoms with Crippen molar-refractivity contribution in [1.29, 1.82) is 0 Å². The number of aliphatic hydroxyl groups is 1. The zero-order valence-corrected chi connectivity index (χ0v) is 24.5. The topological polar surface area (TPSA) is 127 Å². The maximum atomic E-state index is 13.7. The minimum absolute atomic E-state index is 0.244. The summed E-state index contributed by atoms with van der Waals surface area (Å²) in [5.74, 6) is -0.460. The van der Waals surface area contributed by atoms with Gasteiger partial charge in [0.1, 0.15) is 11.1 Å². The molecule has 216 valence electrons. The summed E-state index contributed by atoms with van der Waals surface area (Å²) in [6.45, 7) is 2.42. The van der Waals surface area contributed by atoms with Gasteiger partial charge in [0.25, 0.3) is 11.5 Å². The lowest BCUT2D eigenvalue weighted by molar-refractivity contribution is 0.0912. The molecule has 3 atom stereocenters. The Morgan fingerprint density at radius 1 is 1.22 bits per heavy atom. The third-order valence-electron chi connectivity index (χ3n) is 6.82. The van der Waals surface area contributed by atoms with Crippen LogP contribution in [0.4, 0.5) is 0 Å². The average molecular weight is 601 g/mol. The molecule has 3 N–H and O–H groups in total. The second-order valence-corrected chi connectivity index (χ2v) is 10.6. The normalized spacial score (nSPS) is 19.0. The third-order valence-corrected chi connectivity index (χ3v) is 7.72. The average Bonchev–Trinajstić information content (AvgIpc) is 2.95. The van der Waals surface area contributed by atoms with Gasteiger partial charge in [0.2, 0.25) is 5.88 Å². The van der Waals surface area contributed by atoms with Crippen LogP contribution in [0, 0.1) is 0 Å². The number of nitrogens with one attached hydrogen (secondary N) is 2. The summed E-state index contributed by atoms with van der Waals surface area (Å²) in [6.07, 6.45) is 5.90. The first-order chi connectivity index (χ1) is 19.5. The van der Waals surface area contributed by atoms with Gasteiger partial charge in [0, 0.05) is 44.0 Å². The van der Waals surface area contributed by atoms with Crippen LogP contribution in [0.15, 0.2) is 70.4 Å². The molecule has 2 heterocycles. The Kier molecular flexibility index (Phi) is 9.18. The highest BCUT2D eigenvalue weighted by atomic mass is 35.5. The number of aliphatic hydroxyl groups excluding tert-OH is 1. The third kappa shape index (κ3) is 6.01. The van der Waals surface area contributed by atoms with Crippen LogP contribution < -0.4 is 26.6 Å². The maximum Gasteiger partial charge on any atom is 0.330 e. The van der Waals surface area contributed by atoms with Gasteiger partial charge in [-0.3, -0.25) is 14.2 Å². The molecule has 3 aromatic rings. The number of carbonyl (C=O) groups is 1. The molecular weight excluding hydrogens is 569 g/mol. The van der Waals surface area contributed by atoms with Crippen molar-refractivity contribution in [2.75, 3.05) is 13.7 Å². The number of hydrogen-bond donors (Lipinski definition) is 3.